The summed E-state index contributed by atoms with van der Waals surface area (Å²) in [6.07, 6.45) is 1.16. The lowest BCUT2D eigenvalue weighted by Crippen LogP contribution is -2.29. The first-order valence-electron chi connectivity index (χ1n) is 10.2. The predicted molar refractivity (Wildman–Crippen MR) is 139 cm³/mol. The zero-order valence-corrected chi connectivity index (χ0v) is 21.1. The summed E-state index contributed by atoms with van der Waals surface area (Å²) in [6.45, 7) is 0.686. The van der Waals surface area contributed by atoms with Crippen LogP contribution < -0.4 is 9.62 Å². The standard InChI is InChI=1S/C24H24Cl2N2O3S2/c1-33(30,31)28(16-18-6-10-21(25)11-7-18)22-12-8-19(9-13-22)24(29)27-14-15-32-17-20-4-2-3-5-23(20)26/h2-13H,14-17H2,1H3,(H,27,29). The van der Waals surface area contributed by atoms with Gasteiger partial charge in [-0.2, -0.15) is 11.8 Å². The van der Waals surface area contributed by atoms with Crippen molar-refractivity contribution in [1.82, 2.24) is 5.32 Å². The lowest BCUT2D eigenvalue weighted by atomic mass is 10.2. The van der Waals surface area contributed by atoms with E-state index >= 15 is 0 Å². The Morgan fingerprint density at radius 2 is 1.64 bits per heavy atom. The zero-order valence-electron chi connectivity index (χ0n) is 18.0. The number of nitrogens with one attached hydrogen (secondary N) is 1. The minimum absolute atomic E-state index is 0.171. The molecule has 0 aliphatic heterocycles. The number of carbonyl (C=O) groups excluding carboxylic acids is 1. The van der Waals surface area contributed by atoms with Crippen molar-refractivity contribution in [2.24, 2.45) is 0 Å². The van der Waals surface area contributed by atoms with Gasteiger partial charge in [0, 0.05) is 33.7 Å². The summed E-state index contributed by atoms with van der Waals surface area (Å²) in [6, 6.07) is 21.2. The van der Waals surface area contributed by atoms with Crippen molar-refractivity contribution in [2.45, 2.75) is 12.3 Å². The molecule has 0 bridgehead atoms. The van der Waals surface area contributed by atoms with Crippen LogP contribution in [-0.2, 0) is 22.3 Å². The SMILES string of the molecule is CS(=O)(=O)N(Cc1ccc(Cl)cc1)c1ccc(C(=O)NCCSCc2ccccc2Cl)cc1. The van der Waals surface area contributed by atoms with Gasteiger partial charge in [-0.05, 0) is 53.6 Å². The summed E-state index contributed by atoms with van der Waals surface area (Å²) >= 11 is 13.8. The van der Waals surface area contributed by atoms with Crippen LogP contribution >= 0.6 is 35.0 Å². The summed E-state index contributed by atoms with van der Waals surface area (Å²) in [5.41, 5.74) is 2.83. The first-order chi connectivity index (χ1) is 15.7. The van der Waals surface area contributed by atoms with Crippen molar-refractivity contribution in [3.8, 4) is 0 Å². The van der Waals surface area contributed by atoms with E-state index in [-0.39, 0.29) is 12.5 Å². The summed E-state index contributed by atoms with van der Waals surface area (Å²) in [5.74, 6) is 1.32. The molecular weight excluding hydrogens is 499 g/mol. The van der Waals surface area contributed by atoms with Crippen LogP contribution in [0.5, 0.6) is 0 Å². The summed E-state index contributed by atoms with van der Waals surface area (Å²) in [4.78, 5) is 12.4. The lowest BCUT2D eigenvalue weighted by molar-refractivity contribution is 0.0956. The Hall–Kier alpha value is -2.19. The molecule has 33 heavy (non-hydrogen) atoms. The number of sulfonamides is 1. The molecule has 0 saturated carbocycles. The number of rotatable bonds is 10. The van der Waals surface area contributed by atoms with Crippen LogP contribution in [0.25, 0.3) is 0 Å². The number of halogens is 2. The van der Waals surface area contributed by atoms with E-state index in [1.54, 1.807) is 60.3 Å². The topological polar surface area (TPSA) is 66.5 Å². The van der Waals surface area contributed by atoms with Crippen molar-refractivity contribution in [3.63, 3.8) is 0 Å². The number of nitrogens with zero attached hydrogens (tertiary/aromatic N) is 1. The summed E-state index contributed by atoms with van der Waals surface area (Å²) in [5, 5.41) is 4.22. The van der Waals surface area contributed by atoms with E-state index in [4.69, 9.17) is 23.2 Å². The van der Waals surface area contributed by atoms with Gasteiger partial charge in [0.1, 0.15) is 0 Å². The number of thioether (sulfide) groups is 1. The monoisotopic (exact) mass is 522 g/mol. The molecule has 0 heterocycles. The molecule has 0 fully saturated rings. The Morgan fingerprint density at radius 1 is 0.970 bits per heavy atom. The van der Waals surface area contributed by atoms with Crippen molar-refractivity contribution in [3.05, 3.63) is 99.5 Å². The van der Waals surface area contributed by atoms with E-state index in [1.165, 1.54) is 4.31 Å². The predicted octanol–water partition coefficient (Wildman–Crippen LogP) is 5.62. The molecule has 0 radical (unpaired) electrons. The maximum Gasteiger partial charge on any atom is 0.251 e. The third-order valence-corrected chi connectivity index (χ3v) is 7.57. The maximum atomic E-state index is 12.4. The number of carbonyl (C=O) groups is 1. The fraction of sp³-hybridized carbons (Fsp3) is 0.208. The second kappa shape index (κ2) is 11.8. The molecule has 0 aliphatic rings. The van der Waals surface area contributed by atoms with E-state index in [0.717, 1.165) is 33.9 Å². The fourth-order valence-electron chi connectivity index (χ4n) is 3.07. The Labute approximate surface area is 209 Å². The van der Waals surface area contributed by atoms with E-state index in [2.05, 4.69) is 5.32 Å². The molecule has 3 aromatic carbocycles. The van der Waals surface area contributed by atoms with Crippen LogP contribution in [-0.4, -0.2) is 32.9 Å². The molecule has 1 amide bonds. The van der Waals surface area contributed by atoms with E-state index in [0.29, 0.717) is 22.8 Å². The van der Waals surface area contributed by atoms with E-state index in [9.17, 15) is 13.2 Å². The zero-order chi connectivity index (χ0) is 23.8. The van der Waals surface area contributed by atoms with Gasteiger partial charge in [0.05, 0.1) is 18.5 Å². The second-order valence-electron chi connectivity index (χ2n) is 7.34. The average molecular weight is 524 g/mol. The van der Waals surface area contributed by atoms with Gasteiger partial charge in [0.25, 0.3) is 5.91 Å². The summed E-state index contributed by atoms with van der Waals surface area (Å²) in [7, 11) is -3.52. The van der Waals surface area contributed by atoms with Crippen LogP contribution in [0, 0.1) is 0 Å². The van der Waals surface area contributed by atoms with Gasteiger partial charge in [-0.3, -0.25) is 9.10 Å². The van der Waals surface area contributed by atoms with Gasteiger partial charge in [0.15, 0.2) is 0 Å². The molecule has 5 nitrogen and oxygen atoms in total. The molecule has 0 saturated heterocycles. The van der Waals surface area contributed by atoms with Crippen LogP contribution in [0.1, 0.15) is 21.5 Å². The molecule has 174 valence electrons. The molecule has 0 aromatic heterocycles. The van der Waals surface area contributed by atoms with Crippen molar-refractivity contribution in [2.75, 3.05) is 22.9 Å². The maximum absolute atomic E-state index is 12.4. The molecule has 0 atom stereocenters. The van der Waals surface area contributed by atoms with Gasteiger partial charge >= 0.3 is 0 Å². The molecule has 0 spiro atoms. The van der Waals surface area contributed by atoms with Crippen molar-refractivity contribution < 1.29 is 13.2 Å². The quantitative estimate of drug-likeness (QED) is 0.350. The third kappa shape index (κ3) is 7.67. The minimum Gasteiger partial charge on any atom is -0.351 e. The van der Waals surface area contributed by atoms with E-state index in [1.807, 2.05) is 24.3 Å². The lowest BCUT2D eigenvalue weighted by Gasteiger charge is -2.22. The van der Waals surface area contributed by atoms with Crippen LogP contribution in [0.4, 0.5) is 5.69 Å². The second-order valence-corrected chi connectivity index (χ2v) is 11.2. The molecule has 1 N–H and O–H groups in total. The normalized spacial score (nSPS) is 11.2. The van der Waals surface area contributed by atoms with Gasteiger partial charge in [-0.25, -0.2) is 8.42 Å². The van der Waals surface area contributed by atoms with Crippen LogP contribution in [0.15, 0.2) is 72.8 Å². The summed E-state index contributed by atoms with van der Waals surface area (Å²) < 4.78 is 26.0. The highest BCUT2D eigenvalue weighted by atomic mass is 35.5. The first-order valence-corrected chi connectivity index (χ1v) is 13.9. The van der Waals surface area contributed by atoms with E-state index < -0.39 is 10.0 Å². The third-order valence-electron chi connectivity index (χ3n) is 4.80. The Balaban J connectivity index is 1.55. The highest BCUT2D eigenvalue weighted by Gasteiger charge is 2.18. The molecule has 3 rings (SSSR count). The number of anilines is 1. The van der Waals surface area contributed by atoms with Crippen LogP contribution in [0.2, 0.25) is 10.0 Å². The van der Waals surface area contributed by atoms with Crippen molar-refractivity contribution in [1.29, 1.82) is 0 Å². The largest absolute Gasteiger partial charge is 0.351 e. The number of hydrogen-bond donors (Lipinski definition) is 1. The van der Waals surface area contributed by atoms with Crippen LogP contribution in [0.3, 0.4) is 0 Å². The fourth-order valence-corrected chi connectivity index (χ4v) is 5.23. The smallest absolute Gasteiger partial charge is 0.251 e. The van der Waals surface area contributed by atoms with Gasteiger partial charge in [0.2, 0.25) is 10.0 Å². The van der Waals surface area contributed by atoms with Crippen molar-refractivity contribution >= 4 is 56.6 Å². The molecular formula is C24H24Cl2N2O3S2. The Morgan fingerprint density at radius 3 is 2.27 bits per heavy atom. The number of benzene rings is 3. The van der Waals surface area contributed by atoms with Gasteiger partial charge in [-0.15, -0.1) is 0 Å². The highest BCUT2D eigenvalue weighted by Crippen LogP contribution is 2.23. The Bertz CT molecular complexity index is 1190. The van der Waals surface area contributed by atoms with Gasteiger partial charge in [-0.1, -0.05) is 53.5 Å². The average Bonchev–Trinajstić information content (AvgIpc) is 2.79. The first kappa shape index (κ1) is 25.4. The number of amides is 1. The number of hydrogen-bond acceptors (Lipinski definition) is 4. The molecule has 0 aliphatic carbocycles. The minimum atomic E-state index is -3.52. The molecule has 0 unspecified atom stereocenters. The van der Waals surface area contributed by atoms with Gasteiger partial charge < -0.3 is 5.32 Å². The molecule has 9 heteroatoms. The molecule has 3 aromatic rings. The Kier molecular flexibility index (Phi) is 9.09. The highest BCUT2D eigenvalue weighted by molar-refractivity contribution is 7.98.